The summed E-state index contributed by atoms with van der Waals surface area (Å²) in [5.41, 5.74) is 12.6. The summed E-state index contributed by atoms with van der Waals surface area (Å²) >= 11 is 0. The highest BCUT2D eigenvalue weighted by atomic mass is 16.6. The molecule has 0 aliphatic rings. The van der Waals surface area contributed by atoms with Crippen molar-refractivity contribution in [2.75, 3.05) is 19.7 Å². The summed E-state index contributed by atoms with van der Waals surface area (Å²) in [5.74, 6) is -2.30. The number of carbonyl (C=O) groups is 4. The van der Waals surface area contributed by atoms with Gasteiger partial charge in [-0.1, -0.05) is 0 Å². The summed E-state index contributed by atoms with van der Waals surface area (Å²) in [6, 6.07) is -1.90. The summed E-state index contributed by atoms with van der Waals surface area (Å²) in [6.07, 6.45) is -0.698. The molecule has 14 nitrogen and oxygen atoms in total. The first-order chi connectivity index (χ1) is 15.2. The number of carboxylic acid groups (broad SMARTS) is 1. The summed E-state index contributed by atoms with van der Waals surface area (Å²) in [4.78, 5) is 52.1. The third-order valence-corrected chi connectivity index (χ3v) is 4.04. The fraction of sp³-hybridized carbons (Fsp3) is 0.737. The van der Waals surface area contributed by atoms with E-state index < -0.39 is 41.4 Å². The molecule has 0 spiro atoms. The maximum Gasteiger partial charge on any atom is 0.409 e. The van der Waals surface area contributed by atoms with Crippen LogP contribution in [0.1, 0.15) is 53.4 Å². The van der Waals surface area contributed by atoms with Crippen molar-refractivity contribution in [2.24, 2.45) is 22.2 Å². The number of amides is 3. The molecule has 33 heavy (non-hydrogen) atoms. The molecule has 2 atom stereocenters. The first-order valence-electron chi connectivity index (χ1n) is 10.5. The Morgan fingerprint density at radius 2 is 1.73 bits per heavy atom. The first-order valence-corrected chi connectivity index (χ1v) is 10.5. The van der Waals surface area contributed by atoms with Crippen LogP contribution in [0.5, 0.6) is 0 Å². The summed E-state index contributed by atoms with van der Waals surface area (Å²) in [5, 5.41) is 17.4. The molecule has 0 bridgehead atoms. The zero-order chi connectivity index (χ0) is 25.7. The number of hydrogen-bond donors (Lipinski definition) is 7. The number of esters is 1. The third kappa shape index (κ3) is 13.0. The number of aliphatic carboxylic acids is 1. The maximum atomic E-state index is 12.5. The Kier molecular flexibility index (Phi) is 12.6. The van der Waals surface area contributed by atoms with E-state index in [1.165, 1.54) is 0 Å². The number of carboxylic acids is 1. The van der Waals surface area contributed by atoms with Crippen LogP contribution in [0.25, 0.3) is 0 Å². The number of nitrogens with zero attached hydrogens (tertiary/aromatic N) is 1. The zero-order valence-corrected chi connectivity index (χ0v) is 19.6. The molecule has 3 amide bonds. The van der Waals surface area contributed by atoms with E-state index in [0.29, 0.717) is 6.42 Å². The Labute approximate surface area is 193 Å². The molecule has 0 fully saturated rings. The largest absolute Gasteiger partial charge is 0.478 e. The van der Waals surface area contributed by atoms with Gasteiger partial charge in [0.15, 0.2) is 11.6 Å². The molecular weight excluding hydrogens is 438 g/mol. The lowest BCUT2D eigenvalue weighted by Gasteiger charge is -2.35. The molecule has 0 aromatic rings. The van der Waals surface area contributed by atoms with Crippen LogP contribution in [-0.2, 0) is 19.1 Å². The minimum absolute atomic E-state index is 0.0383. The quantitative estimate of drug-likeness (QED) is 0.0549. The minimum atomic E-state index is -2.12. The molecule has 0 radical (unpaired) electrons. The van der Waals surface area contributed by atoms with Crippen molar-refractivity contribution in [3.8, 4) is 0 Å². The molecule has 0 rings (SSSR count). The van der Waals surface area contributed by atoms with Gasteiger partial charge in [0.1, 0.15) is 11.6 Å². The Bertz CT molecular complexity index is 705. The van der Waals surface area contributed by atoms with E-state index in [4.69, 9.17) is 26.7 Å². The zero-order valence-electron chi connectivity index (χ0n) is 19.6. The number of urea groups is 1. The van der Waals surface area contributed by atoms with E-state index in [0.717, 1.165) is 0 Å². The summed E-state index contributed by atoms with van der Waals surface area (Å²) in [6.45, 7) is 6.75. The molecule has 0 unspecified atom stereocenters. The van der Waals surface area contributed by atoms with Gasteiger partial charge in [-0.05, 0) is 53.4 Å². The Morgan fingerprint density at radius 3 is 2.21 bits per heavy atom. The third-order valence-electron chi connectivity index (χ3n) is 4.04. The minimum Gasteiger partial charge on any atom is -0.478 e. The summed E-state index contributed by atoms with van der Waals surface area (Å²) < 4.78 is 10.3. The molecule has 10 N–H and O–H groups in total. The number of nitrogens with two attached hydrogens (primary N) is 3. The van der Waals surface area contributed by atoms with Crippen molar-refractivity contribution >= 4 is 30.0 Å². The molecule has 0 saturated carbocycles. The second-order valence-electron chi connectivity index (χ2n) is 8.13. The van der Waals surface area contributed by atoms with Crippen molar-refractivity contribution in [1.82, 2.24) is 16.0 Å². The number of aliphatic imine (C=N–C) groups is 1. The number of hydrogen-bond acceptors (Lipinski definition) is 8. The molecule has 0 aliphatic carbocycles. The monoisotopic (exact) mass is 475 g/mol. The van der Waals surface area contributed by atoms with Crippen LogP contribution < -0.4 is 33.2 Å². The highest BCUT2D eigenvalue weighted by Gasteiger charge is 2.44. The number of ether oxygens (including phenoxy) is 2. The highest BCUT2D eigenvalue weighted by molar-refractivity contribution is 5.85. The Hall–Kier alpha value is -3.29. The topological polar surface area (TPSA) is 233 Å². The second-order valence-corrected chi connectivity index (χ2v) is 8.13. The molecule has 0 saturated heterocycles. The average molecular weight is 476 g/mol. The van der Waals surface area contributed by atoms with Gasteiger partial charge in [-0.15, -0.1) is 0 Å². The molecule has 190 valence electrons. The number of primary amides is 1. The molecule has 14 heteroatoms. The summed E-state index contributed by atoms with van der Waals surface area (Å²) in [7, 11) is 0. The van der Waals surface area contributed by atoms with Gasteiger partial charge in [0.05, 0.1) is 6.61 Å². The molecule has 0 heterocycles. The highest BCUT2D eigenvalue weighted by Crippen LogP contribution is 2.17. The van der Waals surface area contributed by atoms with E-state index in [2.05, 4.69) is 20.9 Å². The number of carbonyl (C=O) groups excluding carboxylic acids is 3. The van der Waals surface area contributed by atoms with Crippen LogP contribution >= 0.6 is 0 Å². The van der Waals surface area contributed by atoms with Crippen molar-refractivity contribution < 1.29 is 33.8 Å². The normalized spacial score (nSPS) is 13.7. The van der Waals surface area contributed by atoms with E-state index in [9.17, 15) is 24.3 Å². The van der Waals surface area contributed by atoms with Gasteiger partial charge in [-0.3, -0.25) is 20.4 Å². The van der Waals surface area contributed by atoms with Gasteiger partial charge in [-0.2, -0.15) is 0 Å². The Morgan fingerprint density at radius 1 is 1.09 bits per heavy atom. The fourth-order valence-electron chi connectivity index (χ4n) is 2.73. The lowest BCUT2D eigenvalue weighted by molar-refractivity contribution is -0.151. The van der Waals surface area contributed by atoms with Crippen LogP contribution in [0.15, 0.2) is 4.99 Å². The molecule has 0 aliphatic heterocycles. The lowest BCUT2D eigenvalue weighted by atomic mass is 10.00. The smallest absolute Gasteiger partial charge is 0.409 e. The van der Waals surface area contributed by atoms with Crippen molar-refractivity contribution in [3.05, 3.63) is 0 Å². The molecular formula is C19H37N7O7. The SMILES string of the molecule is CCOC(=O)[C@H](CCCN=C(N)N)N[C@@](CCCNC(N)=O)(NC(=O)OC(C)(C)C)C(=O)O. The van der Waals surface area contributed by atoms with Crippen molar-refractivity contribution in [2.45, 2.75) is 70.7 Å². The molecule has 0 aromatic heterocycles. The van der Waals surface area contributed by atoms with Crippen molar-refractivity contribution in [3.63, 3.8) is 0 Å². The van der Waals surface area contributed by atoms with Gasteiger partial charge in [-0.25, -0.2) is 14.4 Å². The van der Waals surface area contributed by atoms with E-state index in [-0.39, 0.29) is 44.9 Å². The Balaban J connectivity index is 5.82. The van der Waals surface area contributed by atoms with Crippen molar-refractivity contribution in [1.29, 1.82) is 0 Å². The van der Waals surface area contributed by atoms with E-state index >= 15 is 0 Å². The fourth-order valence-corrected chi connectivity index (χ4v) is 2.73. The first kappa shape index (κ1) is 29.7. The van der Waals surface area contributed by atoms with E-state index in [1.54, 1.807) is 27.7 Å². The van der Waals surface area contributed by atoms with E-state index in [1.807, 2.05) is 0 Å². The van der Waals surface area contributed by atoms with Crippen LogP contribution in [0.3, 0.4) is 0 Å². The van der Waals surface area contributed by atoms with Gasteiger partial charge in [0, 0.05) is 13.1 Å². The van der Waals surface area contributed by atoms with Crippen LogP contribution in [-0.4, -0.2) is 72.1 Å². The average Bonchev–Trinajstić information content (AvgIpc) is 2.65. The number of alkyl carbamates (subject to hydrolysis) is 1. The van der Waals surface area contributed by atoms with Gasteiger partial charge in [0.25, 0.3) is 0 Å². The number of nitrogens with one attached hydrogen (secondary N) is 3. The number of guanidine groups is 1. The van der Waals surface area contributed by atoms with Gasteiger partial charge in [0.2, 0.25) is 0 Å². The second kappa shape index (κ2) is 14.0. The van der Waals surface area contributed by atoms with Gasteiger partial charge >= 0.3 is 24.1 Å². The van der Waals surface area contributed by atoms with Crippen LogP contribution in [0.2, 0.25) is 0 Å². The standard InChI is InChI=1S/C19H37N7O7/c1-5-32-13(27)12(8-6-10-23-15(20)21)25-19(14(28)29,9-7-11-24-16(22)30)26-17(31)33-18(2,3)4/h12,25H,5-11H2,1-4H3,(H,26,31)(H,28,29)(H4,20,21,23)(H3,22,24,30)/t12-,19-/m0/s1. The predicted molar refractivity (Wildman–Crippen MR) is 120 cm³/mol. The number of rotatable bonds is 14. The van der Waals surface area contributed by atoms with Crippen LogP contribution in [0.4, 0.5) is 9.59 Å². The predicted octanol–water partition coefficient (Wildman–Crippen LogP) is -0.685. The maximum absolute atomic E-state index is 12.5. The van der Waals surface area contributed by atoms with Gasteiger partial charge < -0.3 is 37.1 Å². The lowest BCUT2D eigenvalue weighted by Crippen LogP contribution is -2.68. The van der Waals surface area contributed by atoms with Crippen LogP contribution in [0, 0.1) is 0 Å². The molecule has 0 aromatic carbocycles.